The molecule has 0 aliphatic carbocycles. The minimum Gasteiger partial charge on any atom is -0.498 e. The fraction of sp³-hybridized carbons (Fsp3) is 0.113. The van der Waals surface area contributed by atoms with Crippen molar-refractivity contribution >= 4 is 44.0 Å². The molecule has 8 aromatic carbocycles. The summed E-state index contributed by atoms with van der Waals surface area (Å²) in [6, 6.07) is 70.5. The van der Waals surface area contributed by atoms with Gasteiger partial charge in [0.25, 0.3) is 0 Å². The van der Waals surface area contributed by atoms with Crippen LogP contribution in [-0.4, -0.2) is 24.1 Å². The number of hydrogen-bond acceptors (Lipinski definition) is 4. The molecule has 0 saturated carbocycles. The number of para-hydroxylation sites is 3. The summed E-state index contributed by atoms with van der Waals surface area (Å²) < 4.78 is 33.3. The molecule has 12 rings (SSSR count). The number of benzene rings is 8. The molecule has 0 spiro atoms. The van der Waals surface area contributed by atoms with E-state index >= 15 is 0 Å². The summed E-state index contributed by atoms with van der Waals surface area (Å²) in [5.74, 6) is 2.17. The van der Waals surface area contributed by atoms with Crippen LogP contribution < -0.4 is 0 Å². The number of furan rings is 1. The molecule has 0 unspecified atom stereocenters. The molecular weight excluding hydrogens is 1020 g/mol. The van der Waals surface area contributed by atoms with Crippen molar-refractivity contribution in [1.82, 2.24) is 24.1 Å². The molecule has 1 radical (unpaired) electrons. The fourth-order valence-electron chi connectivity index (χ4n) is 9.27. The molecule has 0 aliphatic rings. The largest absolute Gasteiger partial charge is 0.498 e. The Hall–Kier alpha value is -7.70. The first-order valence-electron chi connectivity index (χ1n) is 24.6. The third-order valence-corrected chi connectivity index (χ3v) is 12.5. The van der Waals surface area contributed by atoms with Crippen LogP contribution in [-0.2, 0) is 20.1 Å². The van der Waals surface area contributed by atoms with Gasteiger partial charge in [-0.15, -0.1) is 54.1 Å². The molecule has 4 heterocycles. The van der Waals surface area contributed by atoms with Gasteiger partial charge in [0.15, 0.2) is 0 Å². The normalized spacial score (nSPS) is 12.2. The van der Waals surface area contributed by atoms with Crippen molar-refractivity contribution in [3.63, 3.8) is 0 Å². The van der Waals surface area contributed by atoms with Crippen LogP contribution in [0.15, 0.2) is 199 Å². The van der Waals surface area contributed by atoms with Gasteiger partial charge >= 0.3 is 0 Å². The standard InChI is InChI=1S/C50H39N4O.C12H10N.Ir/c1-31(2)40-29-35(33-17-8-5-9-18-33)30-41(32(3)4)46(40)54-43-26-15-14-25-42(43)51-50(54)39-24-16-23-37-38-27-28-44-45(48(38)55-47(37)39)52-49(34-19-10-6-11-20-34)53(44)36-21-12-7-13-22-36;1-10-7-8-12(13-9-10)11-5-3-2-4-6-11;/h5-23,25-32H,1-4H3;2-5,7-9H,1H3;/q2*-1;/i;1D3;. The third kappa shape index (κ3) is 8.39. The Morgan fingerprint density at radius 1 is 0.551 bits per heavy atom. The molecule has 0 saturated heterocycles. The van der Waals surface area contributed by atoms with Crippen LogP contribution in [0.3, 0.4) is 0 Å². The summed E-state index contributed by atoms with van der Waals surface area (Å²) in [6.45, 7) is 7.04. The molecule has 69 heavy (non-hydrogen) atoms. The van der Waals surface area contributed by atoms with E-state index in [1.165, 1.54) is 34.1 Å². The van der Waals surface area contributed by atoms with Crippen molar-refractivity contribution in [3.8, 4) is 56.5 Å². The maximum atomic E-state index is 7.23. The summed E-state index contributed by atoms with van der Waals surface area (Å²) in [5, 5.41) is 2.02. The van der Waals surface area contributed by atoms with Gasteiger partial charge in [-0.1, -0.05) is 142 Å². The Balaban J connectivity index is 0.000000300. The van der Waals surface area contributed by atoms with Crippen molar-refractivity contribution < 1.29 is 28.6 Å². The van der Waals surface area contributed by atoms with Crippen LogP contribution in [0.5, 0.6) is 0 Å². The molecule has 0 atom stereocenters. The average Bonchev–Trinajstić information content (AvgIpc) is 4.11. The van der Waals surface area contributed by atoms with Gasteiger partial charge in [0.2, 0.25) is 0 Å². The second-order valence-corrected chi connectivity index (χ2v) is 17.6. The van der Waals surface area contributed by atoms with Crippen molar-refractivity contribution in [3.05, 3.63) is 223 Å². The van der Waals surface area contributed by atoms with Crippen LogP contribution in [0.25, 0.3) is 101 Å². The Morgan fingerprint density at radius 2 is 1.22 bits per heavy atom. The zero-order chi connectivity index (χ0) is 48.8. The van der Waals surface area contributed by atoms with Crippen LogP contribution >= 0.6 is 0 Å². The smallest absolute Gasteiger partial charge is 0.148 e. The van der Waals surface area contributed by atoms with Gasteiger partial charge in [-0.25, -0.2) is 4.98 Å². The number of pyridine rings is 1. The minimum atomic E-state index is -2.09. The van der Waals surface area contributed by atoms with Crippen molar-refractivity contribution in [1.29, 1.82) is 0 Å². The molecule has 0 N–H and O–H groups in total. The van der Waals surface area contributed by atoms with E-state index in [1.54, 1.807) is 18.2 Å². The Kier molecular flexibility index (Phi) is 11.5. The fourth-order valence-corrected chi connectivity index (χ4v) is 9.27. The van der Waals surface area contributed by atoms with Gasteiger partial charge < -0.3 is 14.0 Å². The molecule has 0 aliphatic heterocycles. The van der Waals surface area contributed by atoms with Crippen LogP contribution in [0.2, 0.25) is 0 Å². The minimum absolute atomic E-state index is 0. The van der Waals surface area contributed by atoms with E-state index in [1.807, 2.05) is 36.4 Å². The topological polar surface area (TPSA) is 61.7 Å². The Bertz CT molecular complexity index is 3820. The number of aryl methyl sites for hydroxylation is 1. The number of hydrogen-bond donors (Lipinski definition) is 0. The predicted octanol–water partition coefficient (Wildman–Crippen LogP) is 16.2. The molecule has 0 bridgehead atoms. The monoisotopic (exact) mass is 1080 g/mol. The first-order valence-corrected chi connectivity index (χ1v) is 23.1. The van der Waals surface area contributed by atoms with E-state index in [4.69, 9.17) is 18.5 Å². The van der Waals surface area contributed by atoms with Gasteiger partial charge in [-0.05, 0) is 101 Å². The average molecular weight is 1080 g/mol. The number of nitrogens with zero attached hydrogens (tertiary/aromatic N) is 5. The maximum Gasteiger partial charge on any atom is 0.148 e. The van der Waals surface area contributed by atoms with Gasteiger partial charge in [-0.3, -0.25) is 9.55 Å². The van der Waals surface area contributed by atoms with Gasteiger partial charge in [0.05, 0.1) is 28.0 Å². The van der Waals surface area contributed by atoms with E-state index in [9.17, 15) is 0 Å². The number of imidazole rings is 2. The number of fused-ring (bicyclic) bond motifs is 6. The molecule has 7 heteroatoms. The van der Waals surface area contributed by atoms with Gasteiger partial charge in [0.1, 0.15) is 16.9 Å². The summed E-state index contributed by atoms with van der Waals surface area (Å²) in [5.41, 5.74) is 16.2. The van der Waals surface area contributed by atoms with E-state index in [-0.39, 0.29) is 37.5 Å². The first-order chi connectivity index (χ1) is 34.5. The van der Waals surface area contributed by atoms with E-state index in [0.29, 0.717) is 0 Å². The quantitative estimate of drug-likeness (QED) is 0.142. The van der Waals surface area contributed by atoms with E-state index < -0.39 is 6.85 Å². The number of aromatic nitrogens is 5. The van der Waals surface area contributed by atoms with Gasteiger partial charge in [-0.2, -0.15) is 0 Å². The molecule has 339 valence electrons. The predicted molar refractivity (Wildman–Crippen MR) is 280 cm³/mol. The first kappa shape index (κ1) is 41.5. The summed E-state index contributed by atoms with van der Waals surface area (Å²) in [7, 11) is 0. The zero-order valence-electron chi connectivity index (χ0n) is 41.6. The molecule has 0 fully saturated rings. The molecular formula is C62H49IrN5O-2. The van der Waals surface area contributed by atoms with Crippen molar-refractivity contribution in [2.75, 3.05) is 0 Å². The molecule has 0 amide bonds. The van der Waals surface area contributed by atoms with E-state index in [0.717, 1.165) is 83.7 Å². The molecule has 6 nitrogen and oxygen atoms in total. The zero-order valence-corrected chi connectivity index (χ0v) is 41.0. The Labute approximate surface area is 420 Å². The number of rotatable bonds is 8. The molecule has 12 aromatic rings. The van der Waals surface area contributed by atoms with Gasteiger partial charge in [0, 0.05) is 52.7 Å². The van der Waals surface area contributed by atoms with Crippen LogP contribution in [0.4, 0.5) is 0 Å². The Morgan fingerprint density at radius 3 is 1.88 bits per heavy atom. The second kappa shape index (κ2) is 19.1. The summed E-state index contributed by atoms with van der Waals surface area (Å²) in [6.07, 6.45) is 1.39. The maximum absolute atomic E-state index is 7.23. The SMILES string of the molecule is CC(C)c1cc(-c2ccccc2)cc(C(C)C)c1-n1c(-c2[c-]ccc3c2oc2c3ccc3c2nc(-c2ccccc2)n3-c2ccccc2)nc2ccccc21.[2H]C([2H])([2H])c1ccc(-c2[c-]cccc2)nc1.[Ir]. The second-order valence-electron chi connectivity index (χ2n) is 17.6. The molecule has 4 aromatic heterocycles. The van der Waals surface area contributed by atoms with Crippen LogP contribution in [0.1, 0.15) is 60.3 Å². The van der Waals surface area contributed by atoms with E-state index in [2.05, 4.69) is 187 Å². The van der Waals surface area contributed by atoms with Crippen LogP contribution in [0, 0.1) is 19.0 Å². The van der Waals surface area contributed by atoms with Crippen molar-refractivity contribution in [2.45, 2.75) is 46.4 Å². The van der Waals surface area contributed by atoms with Crippen molar-refractivity contribution in [2.24, 2.45) is 0 Å². The summed E-state index contributed by atoms with van der Waals surface area (Å²) >= 11 is 0. The summed E-state index contributed by atoms with van der Waals surface area (Å²) in [4.78, 5) is 14.8. The third-order valence-electron chi connectivity index (χ3n) is 12.5.